The molecule has 116 valence electrons. The second-order valence-electron chi connectivity index (χ2n) is 4.38. The van der Waals surface area contributed by atoms with Crippen molar-refractivity contribution in [2.75, 3.05) is 19.0 Å². The number of methoxy groups -OCH3 is 1. The number of rotatable bonds is 5. The fourth-order valence-electron chi connectivity index (χ4n) is 1.89. The molecule has 0 aliphatic heterocycles. The van der Waals surface area contributed by atoms with Gasteiger partial charge in [0.25, 0.3) is 5.91 Å². The number of ether oxygens (including phenoxy) is 2. The minimum absolute atomic E-state index is 0.260. The molecule has 4 nitrogen and oxygen atoms in total. The number of nitrogens with one attached hydrogen (secondary N) is 1. The van der Waals surface area contributed by atoms with Gasteiger partial charge < -0.3 is 14.8 Å². The SMILES string of the molecule is CCOc1ccc(C(=O)Nc2cc(Cl)ccc2OC)cc1Br. The molecule has 6 heteroatoms. The van der Waals surface area contributed by atoms with Crippen molar-refractivity contribution in [3.63, 3.8) is 0 Å². The van der Waals surface area contributed by atoms with Crippen molar-refractivity contribution < 1.29 is 14.3 Å². The molecule has 0 atom stereocenters. The maximum absolute atomic E-state index is 12.3. The minimum Gasteiger partial charge on any atom is -0.495 e. The fourth-order valence-corrected chi connectivity index (χ4v) is 2.55. The van der Waals surface area contributed by atoms with Crippen molar-refractivity contribution in [3.8, 4) is 11.5 Å². The molecule has 0 radical (unpaired) electrons. The molecule has 0 spiro atoms. The second-order valence-corrected chi connectivity index (χ2v) is 5.67. The first-order chi connectivity index (χ1) is 10.5. The Morgan fingerprint density at radius 2 is 1.95 bits per heavy atom. The topological polar surface area (TPSA) is 47.6 Å². The van der Waals surface area contributed by atoms with Crippen molar-refractivity contribution in [2.24, 2.45) is 0 Å². The Kier molecular flexibility index (Phi) is 5.69. The van der Waals surface area contributed by atoms with Crippen LogP contribution in [0.1, 0.15) is 17.3 Å². The molecule has 0 fully saturated rings. The number of hydrogen-bond acceptors (Lipinski definition) is 3. The molecule has 0 saturated heterocycles. The zero-order valence-corrected chi connectivity index (χ0v) is 14.5. The average Bonchev–Trinajstić information content (AvgIpc) is 2.49. The van der Waals surface area contributed by atoms with Gasteiger partial charge in [-0.25, -0.2) is 0 Å². The molecule has 0 saturated carbocycles. The molecule has 22 heavy (non-hydrogen) atoms. The Morgan fingerprint density at radius 1 is 1.23 bits per heavy atom. The Hall–Kier alpha value is -1.72. The van der Waals surface area contributed by atoms with Crippen LogP contribution in [0.2, 0.25) is 5.02 Å². The van der Waals surface area contributed by atoms with Gasteiger partial charge in [-0.05, 0) is 59.3 Å². The minimum atomic E-state index is -0.260. The number of carbonyl (C=O) groups is 1. The summed E-state index contributed by atoms with van der Waals surface area (Å²) in [5.41, 5.74) is 1.02. The van der Waals surface area contributed by atoms with Crippen LogP contribution in [0.3, 0.4) is 0 Å². The molecular formula is C16H15BrClNO3. The maximum atomic E-state index is 12.3. The summed E-state index contributed by atoms with van der Waals surface area (Å²) in [6, 6.07) is 10.2. The third-order valence-corrected chi connectivity index (χ3v) is 3.76. The van der Waals surface area contributed by atoms with E-state index in [1.54, 1.807) is 36.4 Å². The molecule has 0 unspecified atom stereocenters. The van der Waals surface area contributed by atoms with Crippen molar-refractivity contribution in [1.29, 1.82) is 0 Å². The van der Waals surface area contributed by atoms with E-state index in [1.807, 2.05) is 6.92 Å². The van der Waals surface area contributed by atoms with Crippen LogP contribution >= 0.6 is 27.5 Å². The number of carbonyl (C=O) groups excluding carboxylic acids is 1. The molecule has 0 bridgehead atoms. The van der Waals surface area contributed by atoms with Crippen molar-refractivity contribution >= 4 is 39.1 Å². The van der Waals surface area contributed by atoms with Crippen LogP contribution in [0.25, 0.3) is 0 Å². The van der Waals surface area contributed by atoms with Gasteiger partial charge in [-0.3, -0.25) is 4.79 Å². The predicted octanol–water partition coefficient (Wildman–Crippen LogP) is 4.76. The van der Waals surface area contributed by atoms with Crippen LogP contribution in [-0.4, -0.2) is 19.6 Å². The Balaban J connectivity index is 2.22. The quantitative estimate of drug-likeness (QED) is 0.808. The van der Waals surface area contributed by atoms with Crippen LogP contribution in [0.5, 0.6) is 11.5 Å². The lowest BCUT2D eigenvalue weighted by molar-refractivity contribution is 0.102. The van der Waals surface area contributed by atoms with Crippen LogP contribution in [0.15, 0.2) is 40.9 Å². The third kappa shape index (κ3) is 3.93. The average molecular weight is 385 g/mol. The van der Waals surface area contributed by atoms with E-state index in [9.17, 15) is 4.79 Å². The van der Waals surface area contributed by atoms with E-state index in [-0.39, 0.29) is 5.91 Å². The second kappa shape index (κ2) is 7.51. The maximum Gasteiger partial charge on any atom is 0.255 e. The summed E-state index contributed by atoms with van der Waals surface area (Å²) in [5.74, 6) is 0.978. The Bertz CT molecular complexity index is 691. The van der Waals surface area contributed by atoms with Gasteiger partial charge >= 0.3 is 0 Å². The molecule has 0 heterocycles. The summed E-state index contributed by atoms with van der Waals surface area (Å²) < 4.78 is 11.4. The molecule has 2 aromatic rings. The van der Waals surface area contributed by atoms with Gasteiger partial charge in [0.2, 0.25) is 0 Å². The van der Waals surface area contributed by atoms with Crippen LogP contribution in [0.4, 0.5) is 5.69 Å². The largest absolute Gasteiger partial charge is 0.495 e. The van der Waals surface area contributed by atoms with Crippen LogP contribution in [0, 0.1) is 0 Å². The molecule has 0 aromatic heterocycles. The monoisotopic (exact) mass is 383 g/mol. The van der Waals surface area contributed by atoms with Crippen molar-refractivity contribution in [1.82, 2.24) is 0 Å². The van der Waals surface area contributed by atoms with Gasteiger partial charge in [0.1, 0.15) is 11.5 Å². The van der Waals surface area contributed by atoms with E-state index < -0.39 is 0 Å². The third-order valence-electron chi connectivity index (χ3n) is 2.90. The Labute approximate surface area is 142 Å². The summed E-state index contributed by atoms with van der Waals surface area (Å²) in [6.45, 7) is 2.46. The number of amides is 1. The van der Waals surface area contributed by atoms with Gasteiger partial charge in [0.15, 0.2) is 0 Å². The lowest BCUT2D eigenvalue weighted by atomic mass is 10.2. The summed E-state index contributed by atoms with van der Waals surface area (Å²) in [7, 11) is 1.53. The molecule has 1 N–H and O–H groups in total. The molecular weight excluding hydrogens is 370 g/mol. The standard InChI is InChI=1S/C16H15BrClNO3/c1-3-22-14-6-4-10(8-12(14)17)16(20)19-13-9-11(18)5-7-15(13)21-2/h4-9H,3H2,1-2H3,(H,19,20). The van der Waals surface area contributed by atoms with Gasteiger partial charge in [-0.2, -0.15) is 0 Å². The summed E-state index contributed by atoms with van der Waals surface area (Å²) in [4.78, 5) is 12.3. The smallest absolute Gasteiger partial charge is 0.255 e. The van der Waals surface area contributed by atoms with Crippen molar-refractivity contribution in [3.05, 3.63) is 51.5 Å². The number of benzene rings is 2. The van der Waals surface area contributed by atoms with Gasteiger partial charge in [-0.15, -0.1) is 0 Å². The van der Waals surface area contributed by atoms with E-state index in [0.717, 1.165) is 4.47 Å². The lowest BCUT2D eigenvalue weighted by Crippen LogP contribution is -2.12. The summed E-state index contributed by atoms with van der Waals surface area (Å²) >= 11 is 9.34. The van der Waals surface area contributed by atoms with Crippen molar-refractivity contribution in [2.45, 2.75) is 6.92 Å². The van der Waals surface area contributed by atoms with E-state index >= 15 is 0 Å². The van der Waals surface area contributed by atoms with Crippen LogP contribution in [-0.2, 0) is 0 Å². The van der Waals surface area contributed by atoms with E-state index in [0.29, 0.717) is 34.4 Å². The zero-order chi connectivity index (χ0) is 16.1. The number of halogens is 2. The summed E-state index contributed by atoms with van der Waals surface area (Å²) in [6.07, 6.45) is 0. The first kappa shape index (κ1) is 16.6. The predicted molar refractivity (Wildman–Crippen MR) is 91.3 cm³/mol. The van der Waals surface area contributed by atoms with Gasteiger partial charge in [0.05, 0.1) is 23.9 Å². The van der Waals surface area contributed by atoms with Crippen LogP contribution < -0.4 is 14.8 Å². The molecule has 0 aliphatic carbocycles. The first-order valence-electron chi connectivity index (χ1n) is 6.62. The molecule has 0 aliphatic rings. The fraction of sp³-hybridized carbons (Fsp3) is 0.188. The highest BCUT2D eigenvalue weighted by Crippen LogP contribution is 2.29. The first-order valence-corrected chi connectivity index (χ1v) is 7.79. The normalized spacial score (nSPS) is 10.2. The highest BCUT2D eigenvalue weighted by Gasteiger charge is 2.12. The van der Waals surface area contributed by atoms with E-state index in [4.69, 9.17) is 21.1 Å². The molecule has 1 amide bonds. The number of anilines is 1. The van der Waals surface area contributed by atoms with Gasteiger partial charge in [0, 0.05) is 10.6 Å². The zero-order valence-electron chi connectivity index (χ0n) is 12.2. The molecule has 2 rings (SSSR count). The highest BCUT2D eigenvalue weighted by molar-refractivity contribution is 9.10. The Morgan fingerprint density at radius 3 is 2.59 bits per heavy atom. The summed E-state index contributed by atoms with van der Waals surface area (Å²) in [5, 5.41) is 3.30. The van der Waals surface area contributed by atoms with E-state index in [1.165, 1.54) is 7.11 Å². The van der Waals surface area contributed by atoms with Gasteiger partial charge in [-0.1, -0.05) is 11.6 Å². The molecule has 2 aromatic carbocycles. The highest BCUT2D eigenvalue weighted by atomic mass is 79.9. The lowest BCUT2D eigenvalue weighted by Gasteiger charge is -2.11. The number of hydrogen-bond donors (Lipinski definition) is 1. The van der Waals surface area contributed by atoms with E-state index in [2.05, 4.69) is 21.2 Å².